The maximum absolute atomic E-state index is 10.9. The van der Waals surface area contributed by atoms with Gasteiger partial charge in [-0.3, -0.25) is 4.79 Å². The van der Waals surface area contributed by atoms with Gasteiger partial charge in [0.15, 0.2) is 0 Å². The molecule has 0 aromatic rings. The summed E-state index contributed by atoms with van der Waals surface area (Å²) in [5.74, 6) is 0.708. The van der Waals surface area contributed by atoms with Crippen molar-refractivity contribution in [3.63, 3.8) is 0 Å². The average molecular weight is 145 g/mol. The number of likely N-dealkylation sites (tertiary alicyclic amines) is 1. The first-order chi connectivity index (χ1) is 4.25. The quantitative estimate of drug-likeness (QED) is 0.500. The number of nitrogens with zero attached hydrogens (tertiary/aromatic N) is 1. The van der Waals surface area contributed by atoms with Gasteiger partial charge in [0.05, 0.1) is 0 Å². The van der Waals surface area contributed by atoms with Crippen molar-refractivity contribution in [2.45, 2.75) is 25.5 Å². The molecular formula is C6H12NOP. The molecule has 0 aromatic heterocycles. The van der Waals surface area contributed by atoms with Gasteiger partial charge >= 0.3 is 0 Å². The molecule has 3 heteroatoms. The molecule has 2 nitrogen and oxygen atoms in total. The van der Waals surface area contributed by atoms with Crippen molar-refractivity contribution in [3.05, 3.63) is 0 Å². The van der Waals surface area contributed by atoms with E-state index in [1.165, 1.54) is 0 Å². The Hall–Kier alpha value is -0.100. The maximum Gasteiger partial charge on any atom is 0.223 e. The Balaban J connectivity index is 2.55. The molecule has 0 bridgehead atoms. The van der Waals surface area contributed by atoms with E-state index in [2.05, 4.69) is 9.24 Å². The molecule has 0 saturated carbocycles. The lowest BCUT2D eigenvalue weighted by atomic mass is 10.4. The van der Waals surface area contributed by atoms with Gasteiger partial charge in [0.1, 0.15) is 0 Å². The Labute approximate surface area is 57.8 Å². The Morgan fingerprint density at radius 3 is 2.78 bits per heavy atom. The number of carbonyl (C=O) groups excluding carboxylic acids is 1. The Bertz CT molecular complexity index is 126. The van der Waals surface area contributed by atoms with Gasteiger partial charge in [0.2, 0.25) is 5.91 Å². The molecule has 0 aliphatic carbocycles. The molecule has 0 aromatic carbocycles. The van der Waals surface area contributed by atoms with E-state index in [9.17, 15) is 4.79 Å². The summed E-state index contributed by atoms with van der Waals surface area (Å²) in [4.78, 5) is 12.8. The van der Waals surface area contributed by atoms with Gasteiger partial charge in [-0.2, -0.15) is 0 Å². The van der Waals surface area contributed by atoms with Gasteiger partial charge in [0.25, 0.3) is 0 Å². The normalized spacial score (nSPS) is 27.6. The molecule has 1 heterocycles. The first-order valence-electron chi connectivity index (χ1n) is 3.30. The second-order valence-electron chi connectivity index (χ2n) is 2.29. The molecule has 1 rings (SSSR count). The van der Waals surface area contributed by atoms with E-state index in [4.69, 9.17) is 0 Å². The van der Waals surface area contributed by atoms with Crippen LogP contribution in [0.1, 0.15) is 19.8 Å². The number of amides is 1. The Morgan fingerprint density at radius 1 is 1.89 bits per heavy atom. The van der Waals surface area contributed by atoms with Gasteiger partial charge in [-0.1, -0.05) is 0 Å². The zero-order chi connectivity index (χ0) is 6.85. The summed E-state index contributed by atoms with van der Waals surface area (Å²) in [6.07, 6.45) is 1.75. The third kappa shape index (κ3) is 1.24. The minimum absolute atomic E-state index is 0.303. The highest BCUT2D eigenvalue weighted by atomic mass is 31.0. The fourth-order valence-corrected chi connectivity index (χ4v) is 1.71. The second-order valence-corrected chi connectivity index (χ2v) is 3.06. The van der Waals surface area contributed by atoms with Crippen LogP contribution in [-0.2, 0) is 4.79 Å². The first kappa shape index (κ1) is 7.01. The molecule has 0 spiro atoms. The van der Waals surface area contributed by atoms with Crippen molar-refractivity contribution in [2.75, 3.05) is 6.54 Å². The molecule has 1 saturated heterocycles. The van der Waals surface area contributed by atoms with Gasteiger partial charge in [0, 0.05) is 18.7 Å². The summed E-state index contributed by atoms with van der Waals surface area (Å²) < 4.78 is 0. The van der Waals surface area contributed by atoms with Gasteiger partial charge < -0.3 is 4.90 Å². The minimum Gasteiger partial charge on any atom is -0.337 e. The zero-order valence-electron chi connectivity index (χ0n) is 5.63. The number of rotatable bonds is 1. The summed E-state index contributed by atoms with van der Waals surface area (Å²) >= 11 is 0. The molecule has 1 aliphatic rings. The highest BCUT2D eigenvalue weighted by molar-refractivity contribution is 7.17. The van der Waals surface area contributed by atoms with Crippen LogP contribution in [0.15, 0.2) is 0 Å². The summed E-state index contributed by atoms with van der Waals surface area (Å²) in [5.41, 5.74) is 0. The monoisotopic (exact) mass is 145 g/mol. The van der Waals surface area contributed by atoms with E-state index in [0.29, 0.717) is 11.7 Å². The van der Waals surface area contributed by atoms with Crippen molar-refractivity contribution >= 4 is 15.1 Å². The first-order valence-corrected chi connectivity index (χ1v) is 3.97. The number of carbonyl (C=O) groups is 1. The molecule has 2 atom stereocenters. The molecule has 1 fully saturated rings. The fraction of sp³-hybridized carbons (Fsp3) is 0.833. The van der Waals surface area contributed by atoms with Crippen LogP contribution in [0.4, 0.5) is 0 Å². The molecule has 9 heavy (non-hydrogen) atoms. The van der Waals surface area contributed by atoms with Crippen LogP contribution in [0.25, 0.3) is 0 Å². The second kappa shape index (κ2) is 2.66. The summed E-state index contributed by atoms with van der Waals surface area (Å²) in [5, 5.41) is 0. The highest BCUT2D eigenvalue weighted by Gasteiger charge is 2.25. The van der Waals surface area contributed by atoms with Crippen molar-refractivity contribution < 1.29 is 4.79 Å². The van der Waals surface area contributed by atoms with Crippen LogP contribution < -0.4 is 0 Å². The molecule has 52 valence electrons. The van der Waals surface area contributed by atoms with Crippen LogP contribution in [0.5, 0.6) is 0 Å². The molecule has 2 unspecified atom stereocenters. The highest BCUT2D eigenvalue weighted by Crippen LogP contribution is 2.22. The predicted molar refractivity (Wildman–Crippen MR) is 40.1 cm³/mol. The zero-order valence-corrected chi connectivity index (χ0v) is 6.79. The minimum atomic E-state index is 0.303. The van der Waals surface area contributed by atoms with E-state index in [-0.39, 0.29) is 0 Å². The molecule has 1 amide bonds. The topological polar surface area (TPSA) is 20.3 Å². The smallest absolute Gasteiger partial charge is 0.223 e. The van der Waals surface area contributed by atoms with E-state index in [0.717, 1.165) is 19.4 Å². The van der Waals surface area contributed by atoms with Crippen LogP contribution >= 0.6 is 9.24 Å². The maximum atomic E-state index is 10.9. The lowest BCUT2D eigenvalue weighted by Gasteiger charge is -2.18. The number of hydrogen-bond donors (Lipinski definition) is 0. The van der Waals surface area contributed by atoms with Crippen molar-refractivity contribution in [2.24, 2.45) is 0 Å². The van der Waals surface area contributed by atoms with E-state index in [1.807, 2.05) is 11.8 Å². The van der Waals surface area contributed by atoms with Crippen LogP contribution in [0.3, 0.4) is 0 Å². The molecular weight excluding hydrogens is 133 g/mol. The van der Waals surface area contributed by atoms with Crippen LogP contribution in [0.2, 0.25) is 0 Å². The van der Waals surface area contributed by atoms with E-state index in [1.54, 1.807) is 0 Å². The lowest BCUT2D eigenvalue weighted by molar-refractivity contribution is -0.127. The summed E-state index contributed by atoms with van der Waals surface area (Å²) in [7, 11) is 2.69. The molecule has 0 N–H and O–H groups in total. The van der Waals surface area contributed by atoms with Crippen LogP contribution in [-0.4, -0.2) is 23.1 Å². The Morgan fingerprint density at radius 2 is 2.56 bits per heavy atom. The van der Waals surface area contributed by atoms with Gasteiger partial charge in [-0.05, 0) is 13.3 Å². The SMILES string of the molecule is CCN1C(=O)CCC1P. The van der Waals surface area contributed by atoms with E-state index >= 15 is 0 Å². The van der Waals surface area contributed by atoms with Crippen molar-refractivity contribution in [1.29, 1.82) is 0 Å². The van der Waals surface area contributed by atoms with Crippen molar-refractivity contribution in [1.82, 2.24) is 4.90 Å². The lowest BCUT2D eigenvalue weighted by Crippen LogP contribution is -2.28. The van der Waals surface area contributed by atoms with Gasteiger partial charge in [-0.15, -0.1) is 9.24 Å². The summed E-state index contributed by atoms with van der Waals surface area (Å²) in [6.45, 7) is 2.87. The van der Waals surface area contributed by atoms with Crippen molar-refractivity contribution in [3.8, 4) is 0 Å². The number of hydrogen-bond acceptors (Lipinski definition) is 1. The predicted octanol–water partition coefficient (Wildman–Crippen LogP) is 0.830. The molecule has 1 aliphatic heterocycles. The fourth-order valence-electron chi connectivity index (χ4n) is 1.17. The average Bonchev–Trinajstić information content (AvgIpc) is 2.12. The Kier molecular flexibility index (Phi) is 2.07. The third-order valence-electron chi connectivity index (χ3n) is 1.72. The van der Waals surface area contributed by atoms with Crippen LogP contribution in [0, 0.1) is 0 Å². The third-order valence-corrected chi connectivity index (χ3v) is 2.41. The largest absolute Gasteiger partial charge is 0.337 e. The van der Waals surface area contributed by atoms with E-state index < -0.39 is 0 Å². The molecule has 0 radical (unpaired) electrons. The summed E-state index contributed by atoms with van der Waals surface area (Å²) in [6, 6.07) is 0. The van der Waals surface area contributed by atoms with Gasteiger partial charge in [-0.25, -0.2) is 0 Å². The standard InChI is InChI=1S/C6H12NOP/c1-2-7-5(8)3-4-6(7)9/h6H,2-4,9H2,1H3.